The largest absolute Gasteiger partial charge is 0.383 e. The van der Waals surface area contributed by atoms with Crippen molar-refractivity contribution in [1.29, 1.82) is 0 Å². The fourth-order valence-electron chi connectivity index (χ4n) is 1.95. The average molecular weight is 286 g/mol. The van der Waals surface area contributed by atoms with Crippen LogP contribution in [0.4, 0.5) is 10.2 Å². The summed E-state index contributed by atoms with van der Waals surface area (Å²) in [7, 11) is 0. The van der Waals surface area contributed by atoms with E-state index in [1.807, 2.05) is 0 Å². The third-order valence-electron chi connectivity index (χ3n) is 2.98. The normalized spacial score (nSPS) is 12.0. The number of hydrogen-bond acceptors (Lipinski definition) is 5. The summed E-state index contributed by atoms with van der Waals surface area (Å²) in [6.07, 6.45) is 2.46. The second-order valence-corrected chi connectivity index (χ2v) is 4.43. The van der Waals surface area contributed by atoms with Crippen LogP contribution in [-0.4, -0.2) is 30.9 Å². The topological polar surface area (TPSA) is 113 Å². The molecule has 3 rings (SSSR count). The molecule has 0 spiro atoms. The first-order chi connectivity index (χ1) is 10.1. The quantitative estimate of drug-likeness (QED) is 0.636. The molecule has 0 unspecified atom stereocenters. The lowest BCUT2D eigenvalue weighted by Gasteiger charge is -1.97. The van der Waals surface area contributed by atoms with Gasteiger partial charge in [-0.05, 0) is 12.1 Å². The van der Waals surface area contributed by atoms with Crippen LogP contribution in [-0.2, 0) is 4.79 Å². The van der Waals surface area contributed by atoms with Crippen molar-refractivity contribution < 1.29 is 9.18 Å². The minimum atomic E-state index is -0.819. The molecule has 21 heavy (non-hydrogen) atoms. The van der Waals surface area contributed by atoms with E-state index in [4.69, 9.17) is 5.73 Å². The summed E-state index contributed by atoms with van der Waals surface area (Å²) in [5.74, 6) is -1.15. The Labute approximate surface area is 118 Å². The number of hydrogen-bond donors (Lipinski definition) is 3. The van der Waals surface area contributed by atoms with Crippen molar-refractivity contribution in [1.82, 2.24) is 25.1 Å². The maximum Gasteiger partial charge on any atom is 0.188 e. The number of carbonyl (C=O) groups is 1. The molecule has 0 aromatic carbocycles. The number of rotatable bonds is 3. The molecule has 0 saturated carbocycles. The molecule has 0 aliphatic rings. The van der Waals surface area contributed by atoms with Gasteiger partial charge in [0, 0.05) is 18.7 Å². The molecule has 4 N–H and O–H groups in total. The number of Topliss-reactive ketones (excluding diaryl/α,β-unsaturated/α-hetero) is 1. The molecular weight excluding hydrogens is 275 g/mol. The van der Waals surface area contributed by atoms with Crippen LogP contribution in [0.25, 0.3) is 28.5 Å². The lowest BCUT2D eigenvalue weighted by molar-refractivity contribution is -0.114. The number of nitrogens with zero attached hydrogens (tertiary/aromatic N) is 3. The zero-order valence-corrected chi connectivity index (χ0v) is 11.0. The Kier molecular flexibility index (Phi) is 2.98. The molecule has 3 aromatic rings. The van der Waals surface area contributed by atoms with E-state index in [1.165, 1.54) is 6.33 Å². The van der Waals surface area contributed by atoms with Gasteiger partial charge >= 0.3 is 0 Å². The summed E-state index contributed by atoms with van der Waals surface area (Å²) in [6, 6.07) is 3.36. The Morgan fingerprint density at radius 1 is 1.38 bits per heavy atom. The van der Waals surface area contributed by atoms with E-state index in [9.17, 15) is 9.18 Å². The highest BCUT2D eigenvalue weighted by Gasteiger charge is 2.13. The highest BCUT2D eigenvalue weighted by molar-refractivity contribution is 5.98. The second kappa shape index (κ2) is 4.82. The van der Waals surface area contributed by atoms with Gasteiger partial charge in [0.05, 0.1) is 16.8 Å². The van der Waals surface area contributed by atoms with Crippen LogP contribution in [0.15, 0.2) is 24.3 Å². The number of carbonyl (C=O) groups excluding carboxylic acids is 1. The Morgan fingerprint density at radius 2 is 2.19 bits per heavy atom. The van der Waals surface area contributed by atoms with Gasteiger partial charge in [-0.1, -0.05) is 0 Å². The van der Waals surface area contributed by atoms with Crippen LogP contribution in [0.5, 0.6) is 0 Å². The van der Waals surface area contributed by atoms with Crippen LogP contribution in [0.3, 0.4) is 0 Å². The number of ketones is 1. The summed E-state index contributed by atoms with van der Waals surface area (Å²) >= 11 is 0. The molecule has 0 radical (unpaired) electrons. The average Bonchev–Trinajstić information content (AvgIpc) is 3.05. The van der Waals surface area contributed by atoms with Crippen molar-refractivity contribution in [2.24, 2.45) is 0 Å². The molecule has 3 heterocycles. The molecule has 0 fully saturated rings. The summed E-state index contributed by atoms with van der Waals surface area (Å²) in [6.45, 7) is 1.16. The number of aromatic nitrogens is 5. The van der Waals surface area contributed by atoms with Crippen LogP contribution >= 0.6 is 0 Å². The van der Waals surface area contributed by atoms with E-state index in [0.29, 0.717) is 33.9 Å². The SMILES string of the molecule is CC(=O)/C(F)=C\c1ccc(-c2[nH]nc3ncnc(N)c23)[nH]1. The molecule has 0 bridgehead atoms. The summed E-state index contributed by atoms with van der Waals surface area (Å²) in [5, 5.41) is 7.43. The Morgan fingerprint density at radius 3 is 2.95 bits per heavy atom. The zero-order valence-electron chi connectivity index (χ0n) is 11.0. The third kappa shape index (κ3) is 2.27. The van der Waals surface area contributed by atoms with Crippen LogP contribution < -0.4 is 5.73 Å². The number of nitrogen functional groups attached to an aromatic ring is 1. The number of fused-ring (bicyclic) bond motifs is 1. The van der Waals surface area contributed by atoms with Crippen molar-refractivity contribution >= 4 is 28.7 Å². The zero-order chi connectivity index (χ0) is 15.0. The van der Waals surface area contributed by atoms with Crippen molar-refractivity contribution in [3.05, 3.63) is 30.0 Å². The van der Waals surface area contributed by atoms with Gasteiger partial charge in [0.2, 0.25) is 0 Å². The summed E-state index contributed by atoms with van der Waals surface area (Å²) in [4.78, 5) is 21.8. The minimum absolute atomic E-state index is 0.297. The first kappa shape index (κ1) is 13.0. The predicted molar refractivity (Wildman–Crippen MR) is 75.6 cm³/mol. The maximum absolute atomic E-state index is 13.3. The van der Waals surface area contributed by atoms with E-state index in [-0.39, 0.29) is 0 Å². The standard InChI is InChI=1S/C13H11FN6O/c1-6(21)8(14)4-7-2-3-9(18-7)11-10-12(15)16-5-17-13(10)20-19-11/h2-5,18H,1H3,(H3,15,16,17,19,20)/b8-4+. The van der Waals surface area contributed by atoms with Crippen molar-refractivity contribution in [2.45, 2.75) is 6.92 Å². The van der Waals surface area contributed by atoms with Gasteiger partial charge in [-0.25, -0.2) is 14.4 Å². The number of anilines is 1. The highest BCUT2D eigenvalue weighted by Crippen LogP contribution is 2.28. The molecule has 0 aliphatic carbocycles. The molecule has 0 aliphatic heterocycles. The van der Waals surface area contributed by atoms with E-state index in [2.05, 4.69) is 25.1 Å². The maximum atomic E-state index is 13.3. The van der Waals surface area contributed by atoms with Crippen molar-refractivity contribution in [2.75, 3.05) is 5.73 Å². The fraction of sp³-hybridized carbons (Fsp3) is 0.0769. The van der Waals surface area contributed by atoms with Crippen molar-refractivity contribution in [3.63, 3.8) is 0 Å². The van der Waals surface area contributed by atoms with Gasteiger partial charge in [-0.3, -0.25) is 9.89 Å². The number of halogens is 1. The number of nitrogens with two attached hydrogens (primary N) is 1. The summed E-state index contributed by atoms with van der Waals surface area (Å²) < 4.78 is 13.3. The van der Waals surface area contributed by atoms with E-state index in [1.54, 1.807) is 12.1 Å². The molecule has 106 valence electrons. The molecular formula is C13H11FN6O. The second-order valence-electron chi connectivity index (χ2n) is 4.43. The Balaban J connectivity index is 2.07. The fourth-order valence-corrected chi connectivity index (χ4v) is 1.95. The van der Waals surface area contributed by atoms with Gasteiger partial charge in [0.1, 0.15) is 12.1 Å². The molecule has 0 atom stereocenters. The number of H-pyrrole nitrogens is 2. The lowest BCUT2D eigenvalue weighted by Crippen LogP contribution is -1.92. The van der Waals surface area contributed by atoms with Crippen LogP contribution in [0, 0.1) is 0 Å². The molecule has 0 saturated heterocycles. The highest BCUT2D eigenvalue weighted by atomic mass is 19.1. The molecule has 0 amide bonds. The van der Waals surface area contributed by atoms with Gasteiger partial charge in [0.15, 0.2) is 17.3 Å². The monoisotopic (exact) mass is 286 g/mol. The van der Waals surface area contributed by atoms with Gasteiger partial charge < -0.3 is 10.7 Å². The van der Waals surface area contributed by atoms with E-state index in [0.717, 1.165) is 13.0 Å². The Hall–Kier alpha value is -3.03. The molecule has 3 aromatic heterocycles. The molecule has 8 heteroatoms. The third-order valence-corrected chi connectivity index (χ3v) is 2.98. The number of aromatic amines is 2. The first-order valence-electron chi connectivity index (χ1n) is 6.08. The number of nitrogens with one attached hydrogen (secondary N) is 2. The number of allylic oxidation sites excluding steroid dienone is 1. The van der Waals surface area contributed by atoms with Gasteiger partial charge in [0.25, 0.3) is 0 Å². The lowest BCUT2D eigenvalue weighted by atomic mass is 10.2. The minimum Gasteiger partial charge on any atom is -0.383 e. The van der Waals surface area contributed by atoms with Crippen LogP contribution in [0.2, 0.25) is 0 Å². The first-order valence-corrected chi connectivity index (χ1v) is 6.08. The van der Waals surface area contributed by atoms with E-state index >= 15 is 0 Å². The van der Waals surface area contributed by atoms with Crippen LogP contribution in [0.1, 0.15) is 12.6 Å². The van der Waals surface area contributed by atoms with Crippen molar-refractivity contribution in [3.8, 4) is 11.4 Å². The summed E-state index contributed by atoms with van der Waals surface area (Å²) in [5.41, 5.74) is 7.97. The van der Waals surface area contributed by atoms with E-state index < -0.39 is 11.6 Å². The predicted octanol–water partition coefficient (Wildman–Crippen LogP) is 1.83. The molecule has 7 nitrogen and oxygen atoms in total. The smallest absolute Gasteiger partial charge is 0.188 e. The Bertz CT molecular complexity index is 863. The van der Waals surface area contributed by atoms with Gasteiger partial charge in [-0.2, -0.15) is 5.10 Å². The van der Waals surface area contributed by atoms with Gasteiger partial charge in [-0.15, -0.1) is 0 Å².